The van der Waals surface area contributed by atoms with Crippen LogP contribution in [0.25, 0.3) is 21.8 Å². The molecule has 0 unspecified atom stereocenters. The van der Waals surface area contributed by atoms with E-state index in [1.807, 2.05) is 42.5 Å². The van der Waals surface area contributed by atoms with Crippen molar-refractivity contribution < 1.29 is 9.52 Å². The second-order valence-corrected chi connectivity index (χ2v) is 6.81. The van der Waals surface area contributed by atoms with E-state index in [9.17, 15) is 9.90 Å². The first-order valence-corrected chi connectivity index (χ1v) is 8.27. The van der Waals surface area contributed by atoms with E-state index in [1.54, 1.807) is 19.9 Å². The third kappa shape index (κ3) is 2.65. The van der Waals surface area contributed by atoms with E-state index in [1.165, 1.54) is 0 Å². The van der Waals surface area contributed by atoms with Crippen molar-refractivity contribution in [3.63, 3.8) is 0 Å². The van der Waals surface area contributed by atoms with E-state index in [-0.39, 0.29) is 5.76 Å². The molecular formula is C21H19NO3. The van der Waals surface area contributed by atoms with Crippen molar-refractivity contribution in [2.24, 2.45) is 0 Å². The average Bonchev–Trinajstić information content (AvgIpc) is 2.90. The zero-order valence-corrected chi connectivity index (χ0v) is 14.2. The number of fused-ring (bicyclic) bond motifs is 3. The SMILES string of the molecule is CC(C)(O)c1cc2c(c(=O)o1)c1ccccc1n2Cc1ccccc1. The minimum absolute atomic E-state index is 0.266. The Morgan fingerprint density at radius 2 is 1.68 bits per heavy atom. The minimum atomic E-state index is -1.22. The van der Waals surface area contributed by atoms with Crippen molar-refractivity contribution in [3.05, 3.63) is 82.4 Å². The van der Waals surface area contributed by atoms with Gasteiger partial charge in [0.05, 0.1) is 10.9 Å². The topological polar surface area (TPSA) is 55.4 Å². The van der Waals surface area contributed by atoms with Crippen molar-refractivity contribution in [2.45, 2.75) is 26.0 Å². The Kier molecular flexibility index (Phi) is 3.51. The predicted molar refractivity (Wildman–Crippen MR) is 98.8 cm³/mol. The van der Waals surface area contributed by atoms with Gasteiger partial charge >= 0.3 is 5.63 Å². The van der Waals surface area contributed by atoms with Crippen LogP contribution in [0.2, 0.25) is 0 Å². The van der Waals surface area contributed by atoms with E-state index >= 15 is 0 Å². The Morgan fingerprint density at radius 1 is 1.00 bits per heavy atom. The van der Waals surface area contributed by atoms with Gasteiger partial charge in [0.15, 0.2) is 0 Å². The number of nitrogens with zero attached hydrogens (tertiary/aromatic N) is 1. The second kappa shape index (κ2) is 5.60. The first-order valence-electron chi connectivity index (χ1n) is 8.27. The molecule has 126 valence electrons. The third-order valence-corrected chi connectivity index (χ3v) is 4.47. The Balaban J connectivity index is 2.07. The summed E-state index contributed by atoms with van der Waals surface area (Å²) in [6.45, 7) is 3.86. The molecule has 0 radical (unpaired) electrons. The number of aliphatic hydroxyl groups is 1. The van der Waals surface area contributed by atoms with Gasteiger partial charge in [0.1, 0.15) is 11.4 Å². The standard InChI is InChI=1S/C21H19NO3/c1-21(2,24)18-12-17-19(20(23)25-18)15-10-6-7-11-16(15)22(17)13-14-8-4-3-5-9-14/h3-12,24H,13H2,1-2H3. The summed E-state index contributed by atoms with van der Waals surface area (Å²) in [4.78, 5) is 12.6. The maximum Gasteiger partial charge on any atom is 0.346 e. The molecule has 0 aliphatic carbocycles. The molecule has 0 saturated heterocycles. The molecular weight excluding hydrogens is 314 g/mol. The molecule has 0 fully saturated rings. The molecule has 4 aromatic rings. The van der Waals surface area contributed by atoms with Gasteiger partial charge in [0.2, 0.25) is 0 Å². The maximum absolute atomic E-state index is 12.6. The molecule has 4 heteroatoms. The van der Waals surface area contributed by atoms with Gasteiger partial charge in [-0.1, -0.05) is 48.5 Å². The highest BCUT2D eigenvalue weighted by molar-refractivity contribution is 6.07. The lowest BCUT2D eigenvalue weighted by Gasteiger charge is -2.16. The fraction of sp³-hybridized carbons (Fsp3) is 0.190. The van der Waals surface area contributed by atoms with Crippen molar-refractivity contribution in [3.8, 4) is 0 Å². The molecule has 2 heterocycles. The summed E-state index contributed by atoms with van der Waals surface area (Å²) in [5.74, 6) is 0.266. The van der Waals surface area contributed by atoms with Crippen LogP contribution < -0.4 is 5.63 Å². The highest BCUT2D eigenvalue weighted by Gasteiger charge is 2.23. The summed E-state index contributed by atoms with van der Waals surface area (Å²) in [7, 11) is 0. The predicted octanol–water partition coefficient (Wildman–Crippen LogP) is 4.02. The average molecular weight is 333 g/mol. The summed E-state index contributed by atoms with van der Waals surface area (Å²) in [5, 5.41) is 11.7. The van der Waals surface area contributed by atoms with E-state index in [0.29, 0.717) is 11.9 Å². The monoisotopic (exact) mass is 333 g/mol. The third-order valence-electron chi connectivity index (χ3n) is 4.47. The Bertz CT molecular complexity index is 1120. The van der Waals surface area contributed by atoms with Crippen LogP contribution in [0.15, 0.2) is 69.9 Å². The molecule has 0 saturated carbocycles. The van der Waals surface area contributed by atoms with E-state index in [4.69, 9.17) is 4.42 Å². The smallest absolute Gasteiger partial charge is 0.346 e. The molecule has 1 N–H and O–H groups in total. The number of aromatic nitrogens is 1. The molecule has 0 aliphatic rings. The van der Waals surface area contributed by atoms with Crippen molar-refractivity contribution in [1.29, 1.82) is 0 Å². The largest absolute Gasteiger partial charge is 0.424 e. The lowest BCUT2D eigenvalue weighted by Crippen LogP contribution is -2.18. The molecule has 0 bridgehead atoms. The molecule has 4 nitrogen and oxygen atoms in total. The lowest BCUT2D eigenvalue weighted by molar-refractivity contribution is 0.0512. The number of rotatable bonds is 3. The molecule has 0 spiro atoms. The minimum Gasteiger partial charge on any atom is -0.424 e. The summed E-state index contributed by atoms with van der Waals surface area (Å²) in [6.07, 6.45) is 0. The fourth-order valence-corrected chi connectivity index (χ4v) is 3.23. The molecule has 0 atom stereocenters. The fourth-order valence-electron chi connectivity index (χ4n) is 3.23. The number of hydrogen-bond acceptors (Lipinski definition) is 3. The van der Waals surface area contributed by atoms with Crippen LogP contribution in [0.5, 0.6) is 0 Å². The first kappa shape index (κ1) is 15.7. The highest BCUT2D eigenvalue weighted by atomic mass is 16.4. The lowest BCUT2D eigenvalue weighted by atomic mass is 10.1. The van der Waals surface area contributed by atoms with Gasteiger partial charge in [-0.05, 0) is 25.5 Å². The Morgan fingerprint density at radius 3 is 2.40 bits per heavy atom. The van der Waals surface area contributed by atoms with Crippen molar-refractivity contribution in [2.75, 3.05) is 0 Å². The molecule has 25 heavy (non-hydrogen) atoms. The zero-order chi connectivity index (χ0) is 17.6. The summed E-state index contributed by atoms with van der Waals surface area (Å²) in [6, 6.07) is 19.7. The van der Waals surface area contributed by atoms with Crippen molar-refractivity contribution in [1.82, 2.24) is 4.57 Å². The van der Waals surface area contributed by atoms with Crippen LogP contribution in [0.3, 0.4) is 0 Å². The van der Waals surface area contributed by atoms with Crippen molar-refractivity contribution >= 4 is 21.8 Å². The zero-order valence-electron chi connectivity index (χ0n) is 14.2. The second-order valence-electron chi connectivity index (χ2n) is 6.81. The van der Waals surface area contributed by atoms with Crippen LogP contribution >= 0.6 is 0 Å². The van der Waals surface area contributed by atoms with Gasteiger partial charge in [-0.2, -0.15) is 0 Å². The molecule has 2 aromatic heterocycles. The van der Waals surface area contributed by atoms with Crippen LogP contribution in [0, 0.1) is 0 Å². The van der Waals surface area contributed by atoms with Gasteiger partial charge in [-0.25, -0.2) is 4.79 Å². The first-order chi connectivity index (χ1) is 11.9. The van der Waals surface area contributed by atoms with E-state index < -0.39 is 11.2 Å². The molecule has 0 aliphatic heterocycles. The molecule has 2 aromatic carbocycles. The van der Waals surface area contributed by atoms with Crippen LogP contribution in [0.4, 0.5) is 0 Å². The normalized spacial score (nSPS) is 12.1. The number of para-hydroxylation sites is 1. The van der Waals surface area contributed by atoms with Gasteiger partial charge in [-0.15, -0.1) is 0 Å². The molecule has 0 amide bonds. The van der Waals surface area contributed by atoms with Crippen LogP contribution in [-0.2, 0) is 12.1 Å². The Hall–Kier alpha value is -2.85. The van der Waals surface area contributed by atoms with Gasteiger partial charge < -0.3 is 14.1 Å². The maximum atomic E-state index is 12.6. The van der Waals surface area contributed by atoms with Crippen LogP contribution in [-0.4, -0.2) is 9.67 Å². The summed E-state index contributed by atoms with van der Waals surface area (Å²) >= 11 is 0. The van der Waals surface area contributed by atoms with Gasteiger partial charge in [-0.3, -0.25) is 0 Å². The Labute approximate surface area is 144 Å². The summed E-state index contributed by atoms with van der Waals surface area (Å²) < 4.78 is 7.51. The quantitative estimate of drug-likeness (QED) is 0.616. The van der Waals surface area contributed by atoms with Gasteiger partial charge in [0.25, 0.3) is 0 Å². The van der Waals surface area contributed by atoms with E-state index in [0.717, 1.165) is 22.0 Å². The van der Waals surface area contributed by atoms with E-state index in [2.05, 4.69) is 16.7 Å². The highest BCUT2D eigenvalue weighted by Crippen LogP contribution is 2.30. The molecule has 4 rings (SSSR count). The van der Waals surface area contributed by atoms with Gasteiger partial charge in [0, 0.05) is 23.5 Å². The van der Waals surface area contributed by atoms with Crippen LogP contribution in [0.1, 0.15) is 25.2 Å². The summed E-state index contributed by atoms with van der Waals surface area (Å²) in [5.41, 5.74) is 1.25. The number of hydrogen-bond donors (Lipinski definition) is 1. The number of benzene rings is 2.